The highest BCUT2D eigenvalue weighted by molar-refractivity contribution is 6.62. The predicted octanol–water partition coefficient (Wildman–Crippen LogP) is 2.08. The molecule has 58 valence electrons. The Bertz CT molecular complexity index is 156. The zero-order chi connectivity index (χ0) is 7.78. The summed E-state index contributed by atoms with van der Waals surface area (Å²) in [7, 11) is 0. The van der Waals surface area contributed by atoms with Crippen LogP contribution < -0.4 is 0 Å². The first kappa shape index (κ1) is 7.86. The molecular formula is C7H12ClNO. The molecule has 0 aliphatic carbocycles. The summed E-state index contributed by atoms with van der Waals surface area (Å²) in [5, 5.41) is -0.314. The van der Waals surface area contributed by atoms with E-state index < -0.39 is 0 Å². The number of amides is 1. The molecule has 1 rings (SSSR count). The second-order valence-electron chi connectivity index (χ2n) is 3.59. The molecule has 0 bridgehead atoms. The maximum absolute atomic E-state index is 10.6. The van der Waals surface area contributed by atoms with Gasteiger partial charge in [0, 0.05) is 13.1 Å². The molecule has 1 aliphatic rings. The summed E-state index contributed by atoms with van der Waals surface area (Å²) < 4.78 is 0. The maximum Gasteiger partial charge on any atom is 0.316 e. The fourth-order valence-electron chi connectivity index (χ4n) is 1.26. The van der Waals surface area contributed by atoms with Gasteiger partial charge in [0.1, 0.15) is 0 Å². The molecule has 0 unspecified atom stereocenters. The Morgan fingerprint density at radius 2 is 2.20 bits per heavy atom. The van der Waals surface area contributed by atoms with Gasteiger partial charge in [-0.25, -0.2) is 0 Å². The molecule has 0 N–H and O–H groups in total. The highest BCUT2D eigenvalue weighted by atomic mass is 35.5. The fraction of sp³-hybridized carbons (Fsp3) is 0.857. The first-order valence-corrected chi connectivity index (χ1v) is 3.83. The Hall–Kier alpha value is -0.240. The van der Waals surface area contributed by atoms with Crippen LogP contribution in [0.2, 0.25) is 0 Å². The van der Waals surface area contributed by atoms with E-state index in [4.69, 9.17) is 11.6 Å². The minimum Gasteiger partial charge on any atom is -0.329 e. The van der Waals surface area contributed by atoms with Crippen LogP contribution in [0.3, 0.4) is 0 Å². The van der Waals surface area contributed by atoms with Gasteiger partial charge in [-0.15, -0.1) is 0 Å². The van der Waals surface area contributed by atoms with Gasteiger partial charge in [-0.1, -0.05) is 13.8 Å². The van der Waals surface area contributed by atoms with E-state index in [9.17, 15) is 4.79 Å². The van der Waals surface area contributed by atoms with Crippen LogP contribution in [0.4, 0.5) is 4.79 Å². The Kier molecular flexibility index (Phi) is 1.90. The molecule has 0 saturated carbocycles. The van der Waals surface area contributed by atoms with Gasteiger partial charge in [-0.05, 0) is 23.4 Å². The smallest absolute Gasteiger partial charge is 0.316 e. The normalized spacial score (nSPS) is 23.3. The zero-order valence-electron chi connectivity index (χ0n) is 6.35. The van der Waals surface area contributed by atoms with Crippen LogP contribution in [0.1, 0.15) is 20.3 Å². The van der Waals surface area contributed by atoms with Gasteiger partial charge in [0.05, 0.1) is 0 Å². The van der Waals surface area contributed by atoms with Crippen LogP contribution in [-0.2, 0) is 0 Å². The third kappa shape index (κ3) is 1.63. The van der Waals surface area contributed by atoms with Crippen molar-refractivity contribution in [2.45, 2.75) is 20.3 Å². The van der Waals surface area contributed by atoms with E-state index in [2.05, 4.69) is 13.8 Å². The van der Waals surface area contributed by atoms with Crippen LogP contribution in [0.25, 0.3) is 0 Å². The van der Waals surface area contributed by atoms with E-state index in [0.29, 0.717) is 0 Å². The number of likely N-dealkylation sites (tertiary alicyclic amines) is 1. The van der Waals surface area contributed by atoms with Crippen LogP contribution in [0.5, 0.6) is 0 Å². The lowest BCUT2D eigenvalue weighted by atomic mass is 9.93. The van der Waals surface area contributed by atoms with Crippen molar-refractivity contribution in [1.82, 2.24) is 4.90 Å². The molecule has 0 aromatic rings. The summed E-state index contributed by atoms with van der Waals surface area (Å²) in [5.41, 5.74) is 0.268. The molecular weight excluding hydrogens is 150 g/mol. The van der Waals surface area contributed by atoms with Gasteiger partial charge in [0.25, 0.3) is 0 Å². The van der Waals surface area contributed by atoms with E-state index in [-0.39, 0.29) is 10.8 Å². The zero-order valence-corrected chi connectivity index (χ0v) is 7.11. The molecule has 1 amide bonds. The average Bonchev–Trinajstić information content (AvgIpc) is 2.10. The lowest BCUT2D eigenvalue weighted by Gasteiger charge is -2.16. The van der Waals surface area contributed by atoms with E-state index >= 15 is 0 Å². The lowest BCUT2D eigenvalue weighted by Crippen LogP contribution is -2.25. The molecule has 0 spiro atoms. The minimum absolute atomic E-state index is 0.268. The summed E-state index contributed by atoms with van der Waals surface area (Å²) >= 11 is 5.30. The van der Waals surface area contributed by atoms with Crippen LogP contribution >= 0.6 is 11.6 Å². The highest BCUT2D eigenvalue weighted by Crippen LogP contribution is 2.29. The van der Waals surface area contributed by atoms with Crippen molar-refractivity contribution in [3.63, 3.8) is 0 Å². The molecule has 1 fully saturated rings. The summed E-state index contributed by atoms with van der Waals surface area (Å²) in [5.74, 6) is 0. The first-order valence-electron chi connectivity index (χ1n) is 3.46. The molecule has 1 heterocycles. The van der Waals surface area contributed by atoms with Crippen molar-refractivity contribution in [3.05, 3.63) is 0 Å². The van der Waals surface area contributed by atoms with E-state index in [0.717, 1.165) is 19.5 Å². The van der Waals surface area contributed by atoms with Crippen LogP contribution in [0, 0.1) is 5.41 Å². The van der Waals surface area contributed by atoms with E-state index in [1.165, 1.54) is 0 Å². The predicted molar refractivity (Wildman–Crippen MR) is 41.2 cm³/mol. The molecule has 3 heteroatoms. The number of halogens is 1. The number of carbonyl (C=O) groups is 1. The van der Waals surface area contributed by atoms with E-state index in [1.54, 1.807) is 4.90 Å². The molecule has 10 heavy (non-hydrogen) atoms. The van der Waals surface area contributed by atoms with E-state index in [1.807, 2.05) is 0 Å². The van der Waals surface area contributed by atoms with Crippen molar-refractivity contribution in [2.75, 3.05) is 13.1 Å². The highest BCUT2D eigenvalue weighted by Gasteiger charge is 2.30. The second-order valence-corrected chi connectivity index (χ2v) is 3.91. The third-order valence-corrected chi connectivity index (χ3v) is 2.17. The fourth-order valence-corrected chi connectivity index (χ4v) is 1.41. The minimum atomic E-state index is -0.314. The Balaban J connectivity index is 2.51. The molecule has 0 radical (unpaired) electrons. The SMILES string of the molecule is CC1(C)CCN(C(=O)Cl)C1. The van der Waals surface area contributed by atoms with Crippen LogP contribution in [-0.4, -0.2) is 23.4 Å². The van der Waals surface area contributed by atoms with Gasteiger partial charge in [-0.3, -0.25) is 4.79 Å². The van der Waals surface area contributed by atoms with Gasteiger partial charge >= 0.3 is 5.37 Å². The second kappa shape index (κ2) is 2.42. The van der Waals surface area contributed by atoms with Crippen molar-refractivity contribution < 1.29 is 4.79 Å². The standard InChI is InChI=1S/C7H12ClNO/c1-7(2)3-4-9(5-7)6(8)10/h3-5H2,1-2H3. The molecule has 0 atom stereocenters. The summed E-state index contributed by atoms with van der Waals surface area (Å²) in [6.07, 6.45) is 1.06. The number of nitrogens with zero attached hydrogens (tertiary/aromatic N) is 1. The van der Waals surface area contributed by atoms with Crippen molar-refractivity contribution in [2.24, 2.45) is 5.41 Å². The average molecular weight is 162 g/mol. The lowest BCUT2D eigenvalue weighted by molar-refractivity contribution is 0.226. The maximum atomic E-state index is 10.6. The molecule has 0 aromatic carbocycles. The largest absolute Gasteiger partial charge is 0.329 e. The summed E-state index contributed by atoms with van der Waals surface area (Å²) in [6, 6.07) is 0. The number of hydrogen-bond donors (Lipinski definition) is 0. The van der Waals surface area contributed by atoms with Gasteiger partial charge in [0.15, 0.2) is 0 Å². The van der Waals surface area contributed by atoms with Crippen molar-refractivity contribution >= 4 is 17.0 Å². The molecule has 0 aromatic heterocycles. The molecule has 2 nitrogen and oxygen atoms in total. The van der Waals surface area contributed by atoms with Gasteiger partial charge in [-0.2, -0.15) is 0 Å². The Morgan fingerprint density at radius 1 is 1.60 bits per heavy atom. The van der Waals surface area contributed by atoms with Crippen molar-refractivity contribution in [3.8, 4) is 0 Å². The summed E-state index contributed by atoms with van der Waals surface area (Å²) in [6.45, 7) is 5.91. The molecule has 1 saturated heterocycles. The summed E-state index contributed by atoms with van der Waals surface area (Å²) in [4.78, 5) is 12.3. The number of carbonyl (C=O) groups excluding carboxylic acids is 1. The Morgan fingerprint density at radius 3 is 2.40 bits per heavy atom. The van der Waals surface area contributed by atoms with Crippen molar-refractivity contribution in [1.29, 1.82) is 0 Å². The molecule has 1 aliphatic heterocycles. The Labute approximate surface area is 66.1 Å². The van der Waals surface area contributed by atoms with Crippen LogP contribution in [0.15, 0.2) is 0 Å². The third-order valence-electron chi connectivity index (χ3n) is 1.93. The first-order chi connectivity index (χ1) is 4.51. The van der Waals surface area contributed by atoms with Gasteiger partial charge in [0.2, 0.25) is 0 Å². The number of hydrogen-bond acceptors (Lipinski definition) is 1. The quantitative estimate of drug-likeness (QED) is 0.394. The topological polar surface area (TPSA) is 20.3 Å². The number of rotatable bonds is 0. The van der Waals surface area contributed by atoms with Gasteiger partial charge < -0.3 is 4.90 Å². The monoisotopic (exact) mass is 161 g/mol.